The molecule has 0 spiro atoms. The molecule has 2 rings (SSSR count). The number of hydrogen-bond donors (Lipinski definition) is 2. The smallest absolute Gasteiger partial charge is 0.171 e. The van der Waals surface area contributed by atoms with Gasteiger partial charge in [0.1, 0.15) is 11.5 Å². The van der Waals surface area contributed by atoms with Crippen LogP contribution in [-0.2, 0) is 0 Å². The van der Waals surface area contributed by atoms with Crippen molar-refractivity contribution in [1.82, 2.24) is 5.32 Å². The van der Waals surface area contributed by atoms with E-state index in [0.717, 1.165) is 23.4 Å². The molecule has 0 radical (unpaired) electrons. The molecule has 0 saturated heterocycles. The topological polar surface area (TPSA) is 42.5 Å². The Labute approximate surface area is 153 Å². The van der Waals surface area contributed by atoms with Gasteiger partial charge in [0.15, 0.2) is 5.11 Å². The molecule has 0 bridgehead atoms. The number of hydrogen-bond acceptors (Lipinski definition) is 3. The first-order chi connectivity index (χ1) is 11.6. The third kappa shape index (κ3) is 4.76. The summed E-state index contributed by atoms with van der Waals surface area (Å²) >= 11 is 11.5. The summed E-state index contributed by atoms with van der Waals surface area (Å²) in [6.45, 7) is 2.11. The Bertz CT molecular complexity index is 692. The van der Waals surface area contributed by atoms with E-state index in [9.17, 15) is 0 Å². The Balaban J connectivity index is 2.02. The van der Waals surface area contributed by atoms with Gasteiger partial charge in [0.05, 0.1) is 25.3 Å². The van der Waals surface area contributed by atoms with Crippen LogP contribution in [0.15, 0.2) is 42.5 Å². The van der Waals surface area contributed by atoms with Gasteiger partial charge in [-0.15, -0.1) is 0 Å². The van der Waals surface area contributed by atoms with Gasteiger partial charge >= 0.3 is 0 Å². The largest absolute Gasteiger partial charge is 0.497 e. The van der Waals surface area contributed by atoms with Gasteiger partial charge in [-0.05, 0) is 54.5 Å². The normalized spacial score (nSPS) is 11.5. The van der Waals surface area contributed by atoms with Gasteiger partial charge in [0, 0.05) is 5.69 Å². The summed E-state index contributed by atoms with van der Waals surface area (Å²) in [5.41, 5.74) is 1.96. The van der Waals surface area contributed by atoms with Crippen LogP contribution in [0, 0.1) is 0 Å². The molecule has 0 aliphatic heterocycles. The molecule has 1 atom stereocenters. The molecular formula is C18H21ClN2O2S. The molecule has 128 valence electrons. The van der Waals surface area contributed by atoms with Crippen molar-refractivity contribution in [2.75, 3.05) is 19.5 Å². The van der Waals surface area contributed by atoms with Crippen LogP contribution in [0.1, 0.15) is 24.9 Å². The number of anilines is 1. The minimum atomic E-state index is 0.115. The van der Waals surface area contributed by atoms with E-state index in [1.165, 1.54) is 0 Å². The summed E-state index contributed by atoms with van der Waals surface area (Å²) in [5.74, 6) is 1.47. The fourth-order valence-corrected chi connectivity index (χ4v) is 2.84. The van der Waals surface area contributed by atoms with Crippen molar-refractivity contribution in [3.05, 3.63) is 53.1 Å². The van der Waals surface area contributed by atoms with E-state index < -0.39 is 0 Å². The Morgan fingerprint density at radius 3 is 2.38 bits per heavy atom. The molecule has 24 heavy (non-hydrogen) atoms. The average Bonchev–Trinajstić information content (AvgIpc) is 2.60. The van der Waals surface area contributed by atoms with Crippen LogP contribution in [0.4, 0.5) is 5.69 Å². The van der Waals surface area contributed by atoms with E-state index in [2.05, 4.69) is 17.6 Å². The van der Waals surface area contributed by atoms with E-state index >= 15 is 0 Å². The van der Waals surface area contributed by atoms with E-state index in [0.29, 0.717) is 15.9 Å². The highest BCUT2D eigenvalue weighted by molar-refractivity contribution is 7.80. The summed E-state index contributed by atoms with van der Waals surface area (Å²) in [5, 5.41) is 7.54. The van der Waals surface area contributed by atoms with Crippen molar-refractivity contribution < 1.29 is 9.47 Å². The number of thiocarbonyl (C=S) groups is 1. The standard InChI is InChI=1S/C18H21ClN2O2S/c1-4-16(12-5-8-14(22-2)9-6-12)21-18(24)20-13-7-10-17(23-3)15(19)11-13/h5-11,16H,4H2,1-3H3,(H2,20,21,24)/t16-/m1/s1. The van der Waals surface area contributed by atoms with Crippen molar-refractivity contribution >= 4 is 34.6 Å². The van der Waals surface area contributed by atoms with Crippen LogP contribution in [0.25, 0.3) is 0 Å². The lowest BCUT2D eigenvalue weighted by atomic mass is 10.0. The van der Waals surface area contributed by atoms with Gasteiger partial charge in [-0.2, -0.15) is 0 Å². The number of rotatable bonds is 6. The Hall–Kier alpha value is -1.98. The Morgan fingerprint density at radius 1 is 1.12 bits per heavy atom. The van der Waals surface area contributed by atoms with Crippen LogP contribution in [0.5, 0.6) is 11.5 Å². The Kier molecular flexibility index (Phi) is 6.70. The third-order valence-electron chi connectivity index (χ3n) is 3.64. The maximum atomic E-state index is 6.13. The van der Waals surface area contributed by atoms with Crippen molar-refractivity contribution in [2.24, 2.45) is 0 Å². The predicted molar refractivity (Wildman–Crippen MR) is 103 cm³/mol. The van der Waals surface area contributed by atoms with Gasteiger partial charge in [-0.3, -0.25) is 0 Å². The fourth-order valence-electron chi connectivity index (χ4n) is 2.33. The minimum Gasteiger partial charge on any atom is -0.497 e. The molecule has 0 unspecified atom stereocenters. The number of methoxy groups -OCH3 is 2. The highest BCUT2D eigenvalue weighted by Crippen LogP contribution is 2.27. The molecule has 0 saturated carbocycles. The zero-order valence-corrected chi connectivity index (χ0v) is 15.5. The number of benzene rings is 2. The van der Waals surface area contributed by atoms with E-state index in [-0.39, 0.29) is 6.04 Å². The Morgan fingerprint density at radius 2 is 1.83 bits per heavy atom. The molecule has 0 heterocycles. The van der Waals surface area contributed by atoms with Crippen LogP contribution in [0.3, 0.4) is 0 Å². The zero-order valence-electron chi connectivity index (χ0n) is 13.9. The molecule has 0 aliphatic rings. The molecular weight excluding hydrogens is 344 g/mol. The quantitative estimate of drug-likeness (QED) is 0.721. The van der Waals surface area contributed by atoms with Crippen LogP contribution in [-0.4, -0.2) is 19.3 Å². The zero-order chi connectivity index (χ0) is 17.5. The van der Waals surface area contributed by atoms with Crippen molar-refractivity contribution in [3.8, 4) is 11.5 Å². The van der Waals surface area contributed by atoms with E-state index in [1.54, 1.807) is 26.4 Å². The summed E-state index contributed by atoms with van der Waals surface area (Å²) in [7, 11) is 3.24. The summed E-state index contributed by atoms with van der Waals surface area (Å²) in [4.78, 5) is 0. The number of nitrogens with one attached hydrogen (secondary N) is 2. The lowest BCUT2D eigenvalue weighted by molar-refractivity contribution is 0.414. The third-order valence-corrected chi connectivity index (χ3v) is 4.16. The highest BCUT2D eigenvalue weighted by atomic mass is 35.5. The minimum absolute atomic E-state index is 0.115. The average molecular weight is 365 g/mol. The second-order valence-electron chi connectivity index (χ2n) is 5.18. The molecule has 6 heteroatoms. The molecule has 0 aliphatic carbocycles. The fraction of sp³-hybridized carbons (Fsp3) is 0.278. The molecule has 0 fully saturated rings. The number of ether oxygens (including phenoxy) is 2. The second kappa shape index (κ2) is 8.76. The van der Waals surface area contributed by atoms with Gasteiger partial charge in [0.25, 0.3) is 0 Å². The van der Waals surface area contributed by atoms with Crippen molar-refractivity contribution in [1.29, 1.82) is 0 Å². The van der Waals surface area contributed by atoms with Gasteiger partial charge < -0.3 is 20.1 Å². The van der Waals surface area contributed by atoms with Crippen LogP contribution >= 0.6 is 23.8 Å². The lowest BCUT2D eigenvalue weighted by Crippen LogP contribution is -2.32. The summed E-state index contributed by atoms with van der Waals surface area (Å²) in [6, 6.07) is 13.5. The predicted octanol–water partition coefficient (Wildman–Crippen LogP) is 4.79. The molecule has 0 aromatic heterocycles. The summed E-state index contributed by atoms with van der Waals surface area (Å²) < 4.78 is 10.3. The van der Waals surface area contributed by atoms with Crippen LogP contribution in [0.2, 0.25) is 5.02 Å². The highest BCUT2D eigenvalue weighted by Gasteiger charge is 2.11. The van der Waals surface area contributed by atoms with Crippen molar-refractivity contribution in [2.45, 2.75) is 19.4 Å². The molecule has 2 aromatic carbocycles. The number of halogens is 1. The van der Waals surface area contributed by atoms with Gasteiger partial charge in [-0.25, -0.2) is 0 Å². The first-order valence-corrected chi connectivity index (χ1v) is 8.41. The molecule has 4 nitrogen and oxygen atoms in total. The molecule has 2 N–H and O–H groups in total. The SMILES string of the molecule is CC[C@@H](NC(=S)Nc1ccc(OC)c(Cl)c1)c1ccc(OC)cc1. The maximum Gasteiger partial charge on any atom is 0.171 e. The molecule has 2 aromatic rings. The second-order valence-corrected chi connectivity index (χ2v) is 6.00. The maximum absolute atomic E-state index is 6.13. The first kappa shape index (κ1) is 18.4. The van der Waals surface area contributed by atoms with Gasteiger partial charge in [-0.1, -0.05) is 30.7 Å². The van der Waals surface area contributed by atoms with Gasteiger partial charge in [0.2, 0.25) is 0 Å². The lowest BCUT2D eigenvalue weighted by Gasteiger charge is -2.20. The molecule has 0 amide bonds. The van der Waals surface area contributed by atoms with E-state index in [4.69, 9.17) is 33.3 Å². The van der Waals surface area contributed by atoms with Crippen LogP contribution < -0.4 is 20.1 Å². The van der Waals surface area contributed by atoms with Crippen molar-refractivity contribution in [3.63, 3.8) is 0 Å². The van der Waals surface area contributed by atoms with E-state index in [1.807, 2.05) is 30.3 Å². The monoisotopic (exact) mass is 364 g/mol. The summed E-state index contributed by atoms with van der Waals surface area (Å²) in [6.07, 6.45) is 0.900. The first-order valence-electron chi connectivity index (χ1n) is 7.62.